The molecule has 0 aliphatic carbocycles. The summed E-state index contributed by atoms with van der Waals surface area (Å²) in [6.07, 6.45) is 4.44. The number of amides is 2. The van der Waals surface area contributed by atoms with Crippen molar-refractivity contribution < 1.29 is 32.6 Å². The van der Waals surface area contributed by atoms with E-state index in [1.807, 2.05) is 32.0 Å². The molecule has 2 aromatic carbocycles. The molecule has 4 rings (SSSR count). The Balaban J connectivity index is 1.66. The number of likely N-dealkylation sites (N-methyl/N-ethyl adjacent to an activating group) is 1. The zero-order valence-electron chi connectivity index (χ0n) is 27.1. The Hall–Kier alpha value is -3.94. The number of nitrogens with one attached hydrogen (secondary N) is 1. The number of aryl methyl sites for hydroxylation is 1. The van der Waals surface area contributed by atoms with Crippen LogP contribution < -0.4 is 9.46 Å². The molecule has 4 atom stereocenters. The molecule has 12 nitrogen and oxygen atoms in total. The summed E-state index contributed by atoms with van der Waals surface area (Å²) in [5.74, 6) is -0.479. The number of imidazole rings is 1. The second-order valence-corrected chi connectivity index (χ2v) is 13.7. The Morgan fingerprint density at radius 1 is 1.17 bits per heavy atom. The van der Waals surface area contributed by atoms with Crippen molar-refractivity contribution in [3.8, 4) is 5.75 Å². The fraction of sp³-hybridized carbons (Fsp3) is 0.485. The van der Waals surface area contributed by atoms with E-state index in [1.165, 1.54) is 23.2 Å². The Kier molecular flexibility index (Phi) is 11.8. The van der Waals surface area contributed by atoms with Crippen LogP contribution in [0.1, 0.15) is 60.7 Å². The summed E-state index contributed by atoms with van der Waals surface area (Å²) in [5, 5.41) is 10.0. The van der Waals surface area contributed by atoms with Crippen LogP contribution in [-0.4, -0.2) is 96.3 Å². The Labute approximate surface area is 271 Å². The maximum atomic E-state index is 14.3. The topological polar surface area (TPSA) is 143 Å². The third kappa shape index (κ3) is 8.86. The van der Waals surface area contributed by atoms with E-state index < -0.39 is 28.1 Å². The molecule has 13 heteroatoms. The van der Waals surface area contributed by atoms with Crippen LogP contribution in [0.5, 0.6) is 5.75 Å². The average Bonchev–Trinajstić information content (AvgIpc) is 3.49. The summed E-state index contributed by atoms with van der Waals surface area (Å²) in [6, 6.07) is 13.1. The first-order chi connectivity index (χ1) is 21.9. The zero-order chi connectivity index (χ0) is 33.4. The van der Waals surface area contributed by atoms with Crippen molar-refractivity contribution in [2.45, 2.75) is 63.3 Å². The van der Waals surface area contributed by atoms with Crippen LogP contribution in [0.15, 0.2) is 66.1 Å². The molecule has 250 valence electrons. The second kappa shape index (κ2) is 15.6. The molecule has 0 saturated heterocycles. The lowest BCUT2D eigenvalue weighted by atomic mass is 10.0. The fourth-order valence-corrected chi connectivity index (χ4v) is 6.37. The summed E-state index contributed by atoms with van der Waals surface area (Å²) < 4.78 is 42.7. The van der Waals surface area contributed by atoms with Crippen LogP contribution in [0.25, 0.3) is 0 Å². The minimum Gasteiger partial charge on any atom is -0.490 e. The lowest BCUT2D eigenvalue weighted by Gasteiger charge is -2.36. The molecule has 2 amide bonds. The molecule has 46 heavy (non-hydrogen) atoms. The maximum Gasteiger partial charge on any atom is 0.280 e. The fourth-order valence-electron chi connectivity index (χ4n) is 5.34. The van der Waals surface area contributed by atoms with Gasteiger partial charge >= 0.3 is 0 Å². The van der Waals surface area contributed by atoms with Gasteiger partial charge in [0.15, 0.2) is 5.03 Å². The predicted molar refractivity (Wildman–Crippen MR) is 174 cm³/mol. The lowest BCUT2D eigenvalue weighted by molar-refractivity contribution is -0.0149. The summed E-state index contributed by atoms with van der Waals surface area (Å²) in [5.41, 5.74) is 0.901. The monoisotopic (exact) mass is 655 g/mol. The van der Waals surface area contributed by atoms with Gasteiger partial charge in [-0.3, -0.25) is 14.3 Å². The number of ether oxygens (including phenoxy) is 2. The van der Waals surface area contributed by atoms with Crippen molar-refractivity contribution in [3.63, 3.8) is 0 Å². The number of aliphatic hydroxyl groups excluding tert-OH is 1. The number of carbonyl (C=O) groups is 2. The summed E-state index contributed by atoms with van der Waals surface area (Å²) >= 11 is 0. The number of sulfonamides is 1. The van der Waals surface area contributed by atoms with Crippen molar-refractivity contribution in [2.24, 2.45) is 13.0 Å². The average molecular weight is 656 g/mol. The minimum atomic E-state index is -4.02. The molecule has 2 heterocycles. The molecule has 0 fully saturated rings. The van der Waals surface area contributed by atoms with Gasteiger partial charge in [0.25, 0.3) is 21.8 Å². The summed E-state index contributed by atoms with van der Waals surface area (Å²) in [6.45, 7) is 6.31. The van der Waals surface area contributed by atoms with Crippen LogP contribution in [0, 0.1) is 5.92 Å². The molecular weight excluding hydrogens is 610 g/mol. The van der Waals surface area contributed by atoms with Gasteiger partial charge in [0.2, 0.25) is 0 Å². The molecule has 1 aromatic heterocycles. The van der Waals surface area contributed by atoms with Gasteiger partial charge in [-0.2, -0.15) is 8.42 Å². The van der Waals surface area contributed by atoms with Crippen molar-refractivity contribution in [1.82, 2.24) is 19.4 Å². The van der Waals surface area contributed by atoms with Crippen LogP contribution >= 0.6 is 0 Å². The quantitative estimate of drug-likeness (QED) is 0.373. The number of fused-ring (bicyclic) bond motifs is 1. The van der Waals surface area contributed by atoms with E-state index in [-0.39, 0.29) is 47.4 Å². The van der Waals surface area contributed by atoms with Crippen LogP contribution in [0.2, 0.25) is 0 Å². The molecule has 3 aromatic rings. The van der Waals surface area contributed by atoms with E-state index >= 15 is 0 Å². The van der Waals surface area contributed by atoms with Crippen LogP contribution in [0.3, 0.4) is 0 Å². The van der Waals surface area contributed by atoms with Crippen molar-refractivity contribution in [2.75, 3.05) is 38.1 Å². The van der Waals surface area contributed by atoms with Gasteiger partial charge < -0.3 is 28.9 Å². The Morgan fingerprint density at radius 2 is 1.91 bits per heavy atom. The molecule has 2 N–H and O–H groups in total. The van der Waals surface area contributed by atoms with Crippen LogP contribution in [0.4, 0.5) is 5.69 Å². The maximum absolute atomic E-state index is 14.3. The van der Waals surface area contributed by atoms with Crippen molar-refractivity contribution >= 4 is 27.5 Å². The van der Waals surface area contributed by atoms with Crippen LogP contribution in [-0.2, 0) is 21.8 Å². The highest BCUT2D eigenvalue weighted by Gasteiger charge is 2.31. The highest BCUT2D eigenvalue weighted by molar-refractivity contribution is 7.92. The number of hydrogen-bond donors (Lipinski definition) is 2. The predicted octanol–water partition coefficient (Wildman–Crippen LogP) is 3.79. The number of hydrogen-bond acceptors (Lipinski definition) is 8. The summed E-state index contributed by atoms with van der Waals surface area (Å²) in [4.78, 5) is 34.6. The highest BCUT2D eigenvalue weighted by atomic mass is 32.2. The highest BCUT2D eigenvalue weighted by Crippen LogP contribution is 2.29. The Morgan fingerprint density at radius 3 is 2.59 bits per heavy atom. The van der Waals surface area contributed by atoms with E-state index in [2.05, 4.69) is 9.71 Å². The molecule has 0 saturated carbocycles. The van der Waals surface area contributed by atoms with E-state index in [4.69, 9.17) is 9.47 Å². The first-order valence-corrected chi connectivity index (χ1v) is 17.0. The third-order valence-corrected chi connectivity index (χ3v) is 9.35. The van der Waals surface area contributed by atoms with Gasteiger partial charge in [-0.1, -0.05) is 25.1 Å². The number of carbonyl (C=O) groups excluding carboxylic acids is 2. The van der Waals surface area contributed by atoms with Gasteiger partial charge in [0.05, 0.1) is 36.7 Å². The van der Waals surface area contributed by atoms with E-state index in [9.17, 15) is 23.1 Å². The molecule has 0 unspecified atom stereocenters. The van der Waals surface area contributed by atoms with Gasteiger partial charge in [-0.25, -0.2) is 4.98 Å². The number of aromatic nitrogens is 2. The van der Waals surface area contributed by atoms with E-state index in [0.29, 0.717) is 30.9 Å². The van der Waals surface area contributed by atoms with Crippen molar-refractivity contribution in [3.05, 3.63) is 72.2 Å². The van der Waals surface area contributed by atoms with E-state index in [1.54, 1.807) is 55.1 Å². The second-order valence-electron chi connectivity index (χ2n) is 12.0. The third-order valence-electron chi connectivity index (χ3n) is 8.08. The largest absolute Gasteiger partial charge is 0.490 e. The van der Waals surface area contributed by atoms with Crippen molar-refractivity contribution in [1.29, 1.82) is 0 Å². The molecule has 1 aliphatic heterocycles. The first kappa shape index (κ1) is 34.9. The number of aliphatic hydroxyl groups is 1. The number of nitrogens with zero attached hydrogens (tertiary/aromatic N) is 4. The minimum absolute atomic E-state index is 0.131. The van der Waals surface area contributed by atoms with Gasteiger partial charge in [0.1, 0.15) is 5.75 Å². The van der Waals surface area contributed by atoms with Gasteiger partial charge in [0, 0.05) is 57.2 Å². The zero-order valence-corrected chi connectivity index (χ0v) is 27.9. The molecule has 0 bridgehead atoms. The molecule has 1 aliphatic rings. The van der Waals surface area contributed by atoms with E-state index in [0.717, 1.165) is 12.8 Å². The number of rotatable bonds is 8. The first-order valence-electron chi connectivity index (χ1n) is 15.5. The van der Waals surface area contributed by atoms with Gasteiger partial charge in [-0.15, -0.1) is 0 Å². The molecule has 0 radical (unpaired) electrons. The Bertz CT molecular complexity index is 1580. The molecule has 0 spiro atoms. The normalized spacial score (nSPS) is 20.6. The number of benzene rings is 2. The smallest absolute Gasteiger partial charge is 0.280 e. The van der Waals surface area contributed by atoms with Gasteiger partial charge in [-0.05, 0) is 63.4 Å². The SMILES string of the molecule is C[C@@H]1CN([C@H](C)CO)C(=O)c2cc(NS(=O)(=O)c3cn(C)cn3)ccc2O[C@@H](C)CCCCO[C@@H]1CN(C)C(=O)c1ccccc1. The lowest BCUT2D eigenvalue weighted by Crippen LogP contribution is -2.48. The summed E-state index contributed by atoms with van der Waals surface area (Å²) in [7, 11) is -0.618. The number of anilines is 1. The molecular formula is C33H45N5O7S. The standard InChI is InChI=1S/C33H45N5O7S/c1-23-18-38(24(2)21-39)33(41)28-17-27(35-46(42,43)31-20-36(4)22-34-31)14-15-29(28)45-25(3)11-9-10-16-44-30(23)19-37(5)32(40)26-12-7-6-8-13-26/h6-8,12-15,17,20,22-25,30,35,39H,9-11,16,18-19,21H2,1-5H3/t23-,24-,25+,30-/m1/s1.